The average Bonchev–Trinajstić information content (AvgIpc) is 3.55. The van der Waals surface area contributed by atoms with Crippen LogP contribution >= 0.6 is 0 Å². The van der Waals surface area contributed by atoms with Crippen LogP contribution in [0, 0.1) is 11.6 Å². The first kappa shape index (κ1) is 31.6. The van der Waals surface area contributed by atoms with Gasteiger partial charge in [-0.05, 0) is 38.1 Å². The first-order chi connectivity index (χ1) is 22.3. The molecule has 2 N–H and O–H groups in total. The second kappa shape index (κ2) is 14.0. The van der Waals surface area contributed by atoms with Gasteiger partial charge in [-0.15, -0.1) is 0 Å². The van der Waals surface area contributed by atoms with E-state index in [4.69, 9.17) is 9.57 Å². The Morgan fingerprint density at radius 3 is 2.52 bits per heavy atom. The summed E-state index contributed by atoms with van der Waals surface area (Å²) in [5, 5.41) is 7.78. The van der Waals surface area contributed by atoms with E-state index in [9.17, 15) is 13.6 Å². The summed E-state index contributed by atoms with van der Waals surface area (Å²) in [6.07, 6.45) is 5.19. The molecular formula is C33H40F2N8O3. The number of carbonyl (C=O) groups excluding carboxylic acids is 1. The SMILES string of the molecule is C=CC(=O)Nc1cc(Nc2cc(N3OCCC3c3ccc(F)cc3F)ncn2)c(OC)cc1N1CCC(N2CCN(C)CC2)CC1. The molecule has 13 heteroatoms. The molecule has 46 heavy (non-hydrogen) atoms. The number of nitrogens with zero attached hydrogens (tertiary/aromatic N) is 6. The van der Waals surface area contributed by atoms with Gasteiger partial charge >= 0.3 is 0 Å². The molecule has 244 valence electrons. The van der Waals surface area contributed by atoms with Gasteiger partial charge in [0.25, 0.3) is 0 Å². The second-order valence-corrected chi connectivity index (χ2v) is 11.8. The van der Waals surface area contributed by atoms with Crippen LogP contribution in [0.25, 0.3) is 0 Å². The van der Waals surface area contributed by atoms with Crippen molar-refractivity contribution in [2.24, 2.45) is 0 Å². The van der Waals surface area contributed by atoms with E-state index >= 15 is 0 Å². The van der Waals surface area contributed by atoms with Gasteiger partial charge in [-0.1, -0.05) is 12.6 Å². The number of rotatable bonds is 9. The molecule has 1 amide bonds. The number of hydrogen-bond acceptors (Lipinski definition) is 10. The molecule has 3 fully saturated rings. The van der Waals surface area contributed by atoms with Crippen LogP contribution < -0.4 is 25.3 Å². The minimum Gasteiger partial charge on any atom is -0.494 e. The summed E-state index contributed by atoms with van der Waals surface area (Å²) in [6.45, 7) is 10.0. The maximum absolute atomic E-state index is 14.7. The van der Waals surface area contributed by atoms with Crippen LogP contribution in [0.2, 0.25) is 0 Å². The number of nitrogens with one attached hydrogen (secondary N) is 2. The molecular weight excluding hydrogens is 594 g/mol. The van der Waals surface area contributed by atoms with Crippen molar-refractivity contribution in [2.75, 3.05) is 80.6 Å². The number of hydrogen-bond donors (Lipinski definition) is 2. The summed E-state index contributed by atoms with van der Waals surface area (Å²) < 4.78 is 34.0. The lowest BCUT2D eigenvalue weighted by Gasteiger charge is -2.43. The third kappa shape index (κ3) is 6.91. The van der Waals surface area contributed by atoms with E-state index < -0.39 is 17.7 Å². The highest BCUT2D eigenvalue weighted by Crippen LogP contribution is 2.41. The highest BCUT2D eigenvalue weighted by molar-refractivity contribution is 6.02. The molecule has 3 aliphatic heterocycles. The zero-order chi connectivity index (χ0) is 32.2. The van der Waals surface area contributed by atoms with Crippen molar-refractivity contribution < 1.29 is 23.1 Å². The maximum atomic E-state index is 14.7. The van der Waals surface area contributed by atoms with Gasteiger partial charge in [0.2, 0.25) is 5.91 Å². The Bertz CT molecular complexity index is 1560. The van der Waals surface area contributed by atoms with E-state index in [0.717, 1.165) is 63.9 Å². The average molecular weight is 635 g/mol. The van der Waals surface area contributed by atoms with E-state index in [1.54, 1.807) is 13.2 Å². The number of hydroxylamine groups is 1. The molecule has 0 radical (unpaired) electrons. The standard InChI is InChI=1S/C33H40F2N8O3/c1-4-33(44)39-26-18-27(30(45-3)19-29(26)42-10-7-23(8-11-42)41-14-12-40(2)13-15-41)38-31-20-32(37-21-36-31)43-28(9-16-46-43)24-6-5-22(34)17-25(24)35/h4-6,17-21,23,28H,1,7-16H2,2-3H3,(H,39,44)(H,36,37,38). The number of methoxy groups -OCH3 is 1. The van der Waals surface area contributed by atoms with Crippen molar-refractivity contribution in [3.63, 3.8) is 0 Å². The Morgan fingerprint density at radius 2 is 1.80 bits per heavy atom. The lowest BCUT2D eigenvalue weighted by atomic mass is 10.0. The van der Waals surface area contributed by atoms with Crippen LogP contribution in [0.15, 0.2) is 55.4 Å². The number of piperidine rings is 1. The lowest BCUT2D eigenvalue weighted by molar-refractivity contribution is -0.111. The summed E-state index contributed by atoms with van der Waals surface area (Å²) in [5.74, 6) is -0.202. The van der Waals surface area contributed by atoms with Gasteiger partial charge in [0.05, 0.1) is 36.8 Å². The van der Waals surface area contributed by atoms with Crippen molar-refractivity contribution in [1.29, 1.82) is 0 Å². The smallest absolute Gasteiger partial charge is 0.247 e. The molecule has 6 rings (SSSR count). The Labute approximate surface area is 267 Å². The molecule has 0 saturated carbocycles. The number of anilines is 5. The molecule has 11 nitrogen and oxygen atoms in total. The lowest BCUT2D eigenvalue weighted by Crippen LogP contribution is -2.52. The topological polar surface area (TPSA) is 98.3 Å². The predicted molar refractivity (Wildman–Crippen MR) is 174 cm³/mol. The predicted octanol–water partition coefficient (Wildman–Crippen LogP) is 4.73. The number of amides is 1. The molecule has 1 aromatic heterocycles. The third-order valence-corrected chi connectivity index (χ3v) is 8.99. The van der Waals surface area contributed by atoms with Gasteiger partial charge in [-0.2, -0.15) is 0 Å². The summed E-state index contributed by atoms with van der Waals surface area (Å²) >= 11 is 0. The van der Waals surface area contributed by atoms with Gasteiger partial charge in [0.15, 0.2) is 5.82 Å². The number of likely N-dealkylation sites (N-methyl/N-ethyl adjacent to an activating group) is 1. The molecule has 3 aliphatic rings. The minimum atomic E-state index is -0.643. The molecule has 1 unspecified atom stereocenters. The first-order valence-corrected chi connectivity index (χ1v) is 15.6. The Morgan fingerprint density at radius 1 is 1.02 bits per heavy atom. The van der Waals surface area contributed by atoms with Crippen molar-refractivity contribution in [2.45, 2.75) is 31.3 Å². The maximum Gasteiger partial charge on any atom is 0.247 e. The monoisotopic (exact) mass is 634 g/mol. The molecule has 0 spiro atoms. The number of halogens is 2. The summed E-state index contributed by atoms with van der Waals surface area (Å²) in [5.41, 5.74) is 2.38. The van der Waals surface area contributed by atoms with Gasteiger partial charge < -0.3 is 25.2 Å². The molecule has 3 saturated heterocycles. The van der Waals surface area contributed by atoms with Gasteiger partial charge in [-0.3, -0.25) is 14.5 Å². The van der Waals surface area contributed by atoms with Crippen LogP contribution in [0.4, 0.5) is 37.5 Å². The summed E-state index contributed by atoms with van der Waals surface area (Å²) in [4.78, 5) is 34.3. The molecule has 4 heterocycles. The fraction of sp³-hybridized carbons (Fsp3) is 0.424. The number of aromatic nitrogens is 2. The van der Waals surface area contributed by atoms with E-state index in [1.165, 1.54) is 29.6 Å². The summed E-state index contributed by atoms with van der Waals surface area (Å²) in [6, 6.07) is 9.02. The van der Waals surface area contributed by atoms with E-state index in [1.807, 2.05) is 12.1 Å². The van der Waals surface area contributed by atoms with Crippen LogP contribution in [0.1, 0.15) is 30.9 Å². The Balaban J connectivity index is 1.23. The van der Waals surface area contributed by atoms with Crippen molar-refractivity contribution in [1.82, 2.24) is 19.8 Å². The van der Waals surface area contributed by atoms with Gasteiger partial charge in [0.1, 0.15) is 29.5 Å². The fourth-order valence-corrected chi connectivity index (χ4v) is 6.46. The third-order valence-electron chi connectivity index (χ3n) is 8.99. The van der Waals surface area contributed by atoms with E-state index in [-0.39, 0.29) is 5.91 Å². The zero-order valence-electron chi connectivity index (χ0n) is 26.2. The normalized spacial score (nSPS) is 19.7. The summed E-state index contributed by atoms with van der Waals surface area (Å²) in [7, 11) is 3.77. The molecule has 0 aliphatic carbocycles. The quantitative estimate of drug-likeness (QED) is 0.322. The van der Waals surface area contributed by atoms with Crippen LogP contribution in [0.5, 0.6) is 5.75 Å². The minimum absolute atomic E-state index is 0.319. The number of carbonyl (C=O) groups is 1. The van der Waals surface area contributed by atoms with Crippen molar-refractivity contribution >= 4 is 34.6 Å². The largest absolute Gasteiger partial charge is 0.494 e. The number of piperazine rings is 1. The van der Waals surface area contributed by atoms with Gasteiger partial charge in [0, 0.05) is 75.5 Å². The Hall–Kier alpha value is -4.33. The zero-order valence-corrected chi connectivity index (χ0v) is 26.2. The van der Waals surface area contributed by atoms with Crippen LogP contribution in [-0.4, -0.2) is 91.7 Å². The molecule has 1 atom stereocenters. The van der Waals surface area contributed by atoms with Crippen molar-refractivity contribution in [3.05, 3.63) is 72.6 Å². The first-order valence-electron chi connectivity index (χ1n) is 15.6. The van der Waals surface area contributed by atoms with E-state index in [0.29, 0.717) is 53.4 Å². The van der Waals surface area contributed by atoms with E-state index in [2.05, 4.69) is 48.9 Å². The van der Waals surface area contributed by atoms with Crippen LogP contribution in [-0.2, 0) is 9.63 Å². The highest BCUT2D eigenvalue weighted by Gasteiger charge is 2.32. The fourth-order valence-electron chi connectivity index (χ4n) is 6.46. The highest BCUT2D eigenvalue weighted by atomic mass is 19.1. The number of benzene rings is 2. The molecule has 2 aromatic carbocycles. The Kier molecular flexibility index (Phi) is 9.61. The molecule has 0 bridgehead atoms. The second-order valence-electron chi connectivity index (χ2n) is 11.8. The van der Waals surface area contributed by atoms with Crippen LogP contribution in [0.3, 0.4) is 0 Å². The van der Waals surface area contributed by atoms with Gasteiger partial charge in [-0.25, -0.2) is 23.8 Å². The number of ether oxygens (including phenoxy) is 1. The van der Waals surface area contributed by atoms with Crippen molar-refractivity contribution in [3.8, 4) is 5.75 Å². The molecule has 3 aromatic rings.